The van der Waals surface area contributed by atoms with Crippen molar-refractivity contribution in [1.82, 2.24) is 9.78 Å². The molecule has 0 saturated heterocycles. The van der Waals surface area contributed by atoms with Gasteiger partial charge in [0.15, 0.2) is 11.6 Å². The zero-order valence-corrected chi connectivity index (χ0v) is 15.2. The van der Waals surface area contributed by atoms with E-state index < -0.39 is 17.6 Å². The van der Waals surface area contributed by atoms with Crippen LogP contribution in [0.5, 0.6) is 5.88 Å². The second-order valence-electron chi connectivity index (χ2n) is 6.65. The van der Waals surface area contributed by atoms with Crippen LogP contribution in [0.2, 0.25) is 0 Å². The molecule has 0 bridgehead atoms. The van der Waals surface area contributed by atoms with Crippen molar-refractivity contribution in [3.8, 4) is 17.6 Å². The van der Waals surface area contributed by atoms with Gasteiger partial charge < -0.3 is 10.5 Å². The number of nitriles is 1. The second-order valence-corrected chi connectivity index (χ2v) is 6.65. The molecule has 1 aliphatic heterocycles. The smallest absolute Gasteiger partial charge is 0.229 e. The predicted molar refractivity (Wildman–Crippen MR) is 98.7 cm³/mol. The van der Waals surface area contributed by atoms with Gasteiger partial charge in [-0.25, -0.2) is 13.5 Å². The Balaban J connectivity index is 1.95. The highest BCUT2D eigenvalue weighted by Crippen LogP contribution is 2.44. The third-order valence-corrected chi connectivity index (χ3v) is 4.79. The van der Waals surface area contributed by atoms with Crippen molar-refractivity contribution < 1.29 is 13.5 Å². The standard InChI is InChI=1S/C21H16F2N4O/c1-11-3-6-14(7-4-11)27-21-18(12(2)26-27)19(15(10-24)20(25)28-21)13-5-8-16(22)17(23)9-13/h3-9,19H,25H2,1-2H3/t19-/m0/s1. The lowest BCUT2D eigenvalue weighted by Gasteiger charge is -2.25. The fourth-order valence-corrected chi connectivity index (χ4v) is 3.40. The molecule has 1 atom stereocenters. The summed E-state index contributed by atoms with van der Waals surface area (Å²) in [7, 11) is 0. The van der Waals surface area contributed by atoms with Gasteiger partial charge in [-0.05, 0) is 43.7 Å². The molecule has 0 fully saturated rings. The average Bonchev–Trinajstić information content (AvgIpc) is 2.99. The quantitative estimate of drug-likeness (QED) is 0.732. The van der Waals surface area contributed by atoms with Gasteiger partial charge in [-0.1, -0.05) is 23.8 Å². The molecule has 0 aliphatic carbocycles. The van der Waals surface area contributed by atoms with Crippen LogP contribution in [-0.4, -0.2) is 9.78 Å². The van der Waals surface area contributed by atoms with Crippen molar-refractivity contribution in [3.05, 3.63) is 87.9 Å². The molecule has 0 saturated carbocycles. The summed E-state index contributed by atoms with van der Waals surface area (Å²) in [4.78, 5) is 0. The van der Waals surface area contributed by atoms with E-state index in [9.17, 15) is 14.0 Å². The number of fused-ring (bicyclic) bond motifs is 1. The molecular formula is C21H16F2N4O. The first-order valence-corrected chi connectivity index (χ1v) is 8.59. The molecule has 28 heavy (non-hydrogen) atoms. The Morgan fingerprint density at radius 1 is 1.11 bits per heavy atom. The zero-order valence-electron chi connectivity index (χ0n) is 15.2. The minimum atomic E-state index is -0.995. The maximum atomic E-state index is 13.9. The number of halogens is 2. The van der Waals surface area contributed by atoms with Gasteiger partial charge in [-0.3, -0.25) is 0 Å². The van der Waals surface area contributed by atoms with Crippen molar-refractivity contribution in [2.45, 2.75) is 19.8 Å². The maximum absolute atomic E-state index is 13.9. The molecule has 3 aromatic rings. The van der Waals surface area contributed by atoms with Crippen LogP contribution in [0.25, 0.3) is 5.69 Å². The Hall–Kier alpha value is -3.66. The van der Waals surface area contributed by atoms with Crippen LogP contribution in [0.15, 0.2) is 53.9 Å². The van der Waals surface area contributed by atoms with E-state index in [0.717, 1.165) is 23.4 Å². The first-order valence-electron chi connectivity index (χ1n) is 8.59. The monoisotopic (exact) mass is 378 g/mol. The molecular weight excluding hydrogens is 362 g/mol. The average molecular weight is 378 g/mol. The van der Waals surface area contributed by atoms with E-state index in [1.54, 1.807) is 11.6 Å². The Bertz CT molecular complexity index is 1160. The summed E-state index contributed by atoms with van der Waals surface area (Å²) < 4.78 is 34.7. The molecule has 1 aliphatic rings. The first-order chi connectivity index (χ1) is 13.4. The molecule has 2 heterocycles. The summed E-state index contributed by atoms with van der Waals surface area (Å²) in [6.45, 7) is 3.75. The Morgan fingerprint density at radius 2 is 1.82 bits per heavy atom. The van der Waals surface area contributed by atoms with Gasteiger partial charge in [0.05, 0.1) is 22.9 Å². The summed E-state index contributed by atoms with van der Waals surface area (Å²) in [5, 5.41) is 14.2. The Labute approximate surface area is 160 Å². The minimum absolute atomic E-state index is 0.0852. The number of hydrogen-bond acceptors (Lipinski definition) is 4. The Morgan fingerprint density at radius 3 is 2.46 bits per heavy atom. The summed E-state index contributed by atoms with van der Waals surface area (Å²) >= 11 is 0. The number of ether oxygens (including phenoxy) is 1. The lowest BCUT2D eigenvalue weighted by Crippen LogP contribution is -2.22. The molecule has 4 rings (SSSR count). The maximum Gasteiger partial charge on any atom is 0.229 e. The SMILES string of the molecule is Cc1ccc(-n2nc(C)c3c2OC(N)=C(C#N)[C@@H]3c2ccc(F)c(F)c2)cc1. The molecule has 1 aromatic heterocycles. The summed E-state index contributed by atoms with van der Waals surface area (Å²) in [6, 6.07) is 13.2. The normalized spacial score (nSPS) is 15.8. The zero-order chi connectivity index (χ0) is 20.0. The van der Waals surface area contributed by atoms with E-state index in [1.165, 1.54) is 6.07 Å². The van der Waals surface area contributed by atoms with Crippen LogP contribution in [0.1, 0.15) is 28.3 Å². The van der Waals surface area contributed by atoms with E-state index in [0.29, 0.717) is 22.7 Å². The van der Waals surface area contributed by atoms with Crippen molar-refractivity contribution >= 4 is 0 Å². The van der Waals surface area contributed by atoms with Crippen LogP contribution in [0.4, 0.5) is 8.78 Å². The Kier molecular flexibility index (Phi) is 4.12. The summed E-state index contributed by atoms with van der Waals surface area (Å²) in [5.41, 5.74) is 9.58. The van der Waals surface area contributed by atoms with Gasteiger partial charge in [-0.2, -0.15) is 10.4 Å². The molecule has 7 heteroatoms. The topological polar surface area (TPSA) is 76.9 Å². The van der Waals surface area contributed by atoms with Crippen molar-refractivity contribution in [3.63, 3.8) is 0 Å². The van der Waals surface area contributed by atoms with Gasteiger partial charge in [-0.15, -0.1) is 0 Å². The van der Waals surface area contributed by atoms with E-state index in [-0.39, 0.29) is 11.5 Å². The van der Waals surface area contributed by atoms with Gasteiger partial charge in [0.25, 0.3) is 0 Å². The van der Waals surface area contributed by atoms with Crippen LogP contribution in [-0.2, 0) is 0 Å². The fourth-order valence-electron chi connectivity index (χ4n) is 3.40. The molecule has 0 radical (unpaired) electrons. The number of rotatable bonds is 2. The van der Waals surface area contributed by atoms with Crippen molar-refractivity contribution in [2.75, 3.05) is 0 Å². The molecule has 2 aromatic carbocycles. The largest absolute Gasteiger partial charge is 0.422 e. The lowest BCUT2D eigenvalue weighted by molar-refractivity contribution is 0.367. The van der Waals surface area contributed by atoms with E-state index in [4.69, 9.17) is 10.5 Å². The van der Waals surface area contributed by atoms with Gasteiger partial charge in [0.1, 0.15) is 11.6 Å². The van der Waals surface area contributed by atoms with E-state index in [2.05, 4.69) is 5.10 Å². The number of hydrogen-bond donors (Lipinski definition) is 1. The third-order valence-electron chi connectivity index (χ3n) is 4.79. The fraction of sp³-hybridized carbons (Fsp3) is 0.143. The molecule has 140 valence electrons. The summed E-state index contributed by atoms with van der Waals surface area (Å²) in [5.74, 6) is -2.39. The lowest BCUT2D eigenvalue weighted by atomic mass is 9.84. The number of nitrogens with two attached hydrogens (primary N) is 1. The number of benzene rings is 2. The van der Waals surface area contributed by atoms with Crippen LogP contribution >= 0.6 is 0 Å². The number of nitrogens with zero attached hydrogens (tertiary/aromatic N) is 3. The van der Waals surface area contributed by atoms with Gasteiger partial charge in [0.2, 0.25) is 11.8 Å². The van der Waals surface area contributed by atoms with Crippen LogP contribution in [0.3, 0.4) is 0 Å². The highest BCUT2D eigenvalue weighted by atomic mass is 19.2. The van der Waals surface area contributed by atoms with E-state index in [1.807, 2.05) is 37.3 Å². The molecule has 2 N–H and O–H groups in total. The number of aromatic nitrogens is 2. The van der Waals surface area contributed by atoms with Gasteiger partial charge in [0, 0.05) is 0 Å². The van der Waals surface area contributed by atoms with Gasteiger partial charge >= 0.3 is 0 Å². The second kappa shape index (κ2) is 6.50. The van der Waals surface area contributed by atoms with E-state index >= 15 is 0 Å². The molecule has 0 spiro atoms. The molecule has 0 amide bonds. The predicted octanol–water partition coefficient (Wildman–Crippen LogP) is 3.99. The summed E-state index contributed by atoms with van der Waals surface area (Å²) in [6.07, 6.45) is 0. The van der Waals surface area contributed by atoms with Crippen LogP contribution in [0, 0.1) is 36.8 Å². The number of aryl methyl sites for hydroxylation is 2. The minimum Gasteiger partial charge on any atom is -0.422 e. The first kappa shape index (κ1) is 17.7. The highest BCUT2D eigenvalue weighted by Gasteiger charge is 2.36. The van der Waals surface area contributed by atoms with Crippen molar-refractivity contribution in [1.29, 1.82) is 5.26 Å². The highest BCUT2D eigenvalue weighted by molar-refractivity contribution is 5.57. The van der Waals surface area contributed by atoms with Crippen LogP contribution < -0.4 is 10.5 Å². The number of allylic oxidation sites excluding steroid dienone is 1. The third kappa shape index (κ3) is 2.70. The van der Waals surface area contributed by atoms with Crippen molar-refractivity contribution in [2.24, 2.45) is 5.73 Å². The molecule has 0 unspecified atom stereocenters. The molecule has 5 nitrogen and oxygen atoms in total.